The molecule has 1 amide bonds. The summed E-state index contributed by atoms with van der Waals surface area (Å²) in [5.41, 5.74) is 5.41. The number of hydrogen-bond acceptors (Lipinski definition) is 5. The molecule has 2 aromatic rings. The first-order chi connectivity index (χ1) is 16.7. The normalized spacial score (nSPS) is 17.3. The lowest BCUT2D eigenvalue weighted by Crippen LogP contribution is -2.48. The summed E-state index contributed by atoms with van der Waals surface area (Å²) in [4.78, 5) is 29.2. The molecule has 5 rings (SSSR count). The molecular weight excluding hydrogens is 422 g/mol. The number of hydrogen-bond donors (Lipinski definition) is 0. The number of carbonyl (C=O) groups is 1. The van der Waals surface area contributed by atoms with E-state index < -0.39 is 0 Å². The summed E-state index contributed by atoms with van der Waals surface area (Å²) in [6, 6.07) is 16.9. The highest BCUT2D eigenvalue weighted by atomic mass is 16.2. The van der Waals surface area contributed by atoms with Gasteiger partial charge < -0.3 is 14.7 Å². The zero-order valence-corrected chi connectivity index (χ0v) is 20.2. The third-order valence-electron chi connectivity index (χ3n) is 7.07. The molecule has 0 saturated carbocycles. The predicted octanol–water partition coefficient (Wildman–Crippen LogP) is 5.05. The number of nitrogens with zero attached hydrogens (tertiary/aromatic N) is 5. The topological polar surface area (TPSA) is 51.5 Å². The van der Waals surface area contributed by atoms with E-state index in [9.17, 15) is 4.79 Å². The van der Waals surface area contributed by atoms with Crippen molar-refractivity contribution in [2.45, 2.75) is 45.4 Å². The number of amidine groups is 1. The van der Waals surface area contributed by atoms with Gasteiger partial charge >= 0.3 is 0 Å². The minimum atomic E-state index is 0.322. The number of piperazine rings is 1. The Labute approximate surface area is 203 Å². The summed E-state index contributed by atoms with van der Waals surface area (Å²) in [6.45, 7) is 7.26. The van der Waals surface area contributed by atoms with Crippen molar-refractivity contribution in [3.05, 3.63) is 54.1 Å². The highest BCUT2D eigenvalue weighted by molar-refractivity contribution is 6.53. The fourth-order valence-corrected chi connectivity index (χ4v) is 5.12. The van der Waals surface area contributed by atoms with Crippen LogP contribution in [0.25, 0.3) is 0 Å². The van der Waals surface area contributed by atoms with Crippen LogP contribution in [-0.2, 0) is 4.79 Å². The van der Waals surface area contributed by atoms with Gasteiger partial charge in [0.2, 0.25) is 5.91 Å². The van der Waals surface area contributed by atoms with E-state index in [1.165, 1.54) is 31.4 Å². The van der Waals surface area contributed by atoms with Crippen LogP contribution in [0.5, 0.6) is 0 Å². The molecule has 3 aliphatic heterocycles. The van der Waals surface area contributed by atoms with Gasteiger partial charge in [-0.15, -0.1) is 0 Å². The van der Waals surface area contributed by atoms with Crippen LogP contribution in [0.2, 0.25) is 0 Å². The van der Waals surface area contributed by atoms with Crippen LogP contribution in [0, 0.1) is 0 Å². The number of rotatable bonds is 8. The van der Waals surface area contributed by atoms with Crippen LogP contribution < -0.4 is 9.80 Å². The quantitative estimate of drug-likeness (QED) is 0.521. The van der Waals surface area contributed by atoms with Crippen LogP contribution in [-0.4, -0.2) is 61.6 Å². The van der Waals surface area contributed by atoms with Crippen molar-refractivity contribution in [3.63, 3.8) is 0 Å². The average molecular weight is 458 g/mol. The molecule has 0 unspecified atom stereocenters. The molecule has 0 aliphatic carbocycles. The van der Waals surface area contributed by atoms with Crippen LogP contribution in [0.3, 0.4) is 0 Å². The summed E-state index contributed by atoms with van der Waals surface area (Å²) in [5, 5.41) is 0. The zero-order chi connectivity index (χ0) is 23.3. The summed E-state index contributed by atoms with van der Waals surface area (Å²) in [5.74, 6) is 1.30. The number of carbonyl (C=O) groups excluding carboxylic acids is 1. The smallest absolute Gasteiger partial charge is 0.222 e. The lowest BCUT2D eigenvalue weighted by molar-refractivity contribution is -0.131. The molecule has 3 aliphatic rings. The summed E-state index contributed by atoms with van der Waals surface area (Å²) < 4.78 is 0. The third kappa shape index (κ3) is 4.72. The zero-order valence-electron chi connectivity index (χ0n) is 20.2. The van der Waals surface area contributed by atoms with E-state index in [1.54, 1.807) is 0 Å². The maximum atomic E-state index is 12.6. The second-order valence-electron chi connectivity index (χ2n) is 9.39. The van der Waals surface area contributed by atoms with Crippen LogP contribution >= 0.6 is 0 Å². The Bertz CT molecular complexity index is 1070. The molecule has 0 spiro atoms. The molecule has 6 heteroatoms. The molecule has 0 atom stereocenters. The van der Waals surface area contributed by atoms with Crippen LogP contribution in [0.15, 0.2) is 58.5 Å². The van der Waals surface area contributed by atoms with E-state index in [2.05, 4.69) is 52.0 Å². The van der Waals surface area contributed by atoms with Gasteiger partial charge in [-0.05, 0) is 24.6 Å². The molecule has 0 bridgehead atoms. The van der Waals surface area contributed by atoms with Crippen molar-refractivity contribution >= 4 is 34.5 Å². The molecule has 1 fully saturated rings. The summed E-state index contributed by atoms with van der Waals surface area (Å²) in [7, 11) is 0. The standard InChI is InChI=1S/C28H35N5O/c1-2-3-4-5-9-12-26(34)32-19-17-31(18-20-32)23-13-14-24-25(21-23)33-16-15-29-28(33)27(30-24)22-10-7-6-8-11-22/h6-8,10-11,13-14,21H,2-5,9,12,15-20H2,1H3. The van der Waals surface area contributed by atoms with Gasteiger partial charge in [0.1, 0.15) is 5.71 Å². The number of aliphatic imine (C=N–C) groups is 2. The minimum Gasteiger partial charge on any atom is -0.368 e. The lowest BCUT2D eigenvalue weighted by Gasteiger charge is -2.37. The first-order valence-electron chi connectivity index (χ1n) is 12.9. The van der Waals surface area contributed by atoms with E-state index in [-0.39, 0.29) is 0 Å². The van der Waals surface area contributed by atoms with Gasteiger partial charge in [-0.3, -0.25) is 9.79 Å². The first kappa shape index (κ1) is 22.6. The van der Waals surface area contributed by atoms with Crippen LogP contribution in [0.4, 0.5) is 17.1 Å². The van der Waals surface area contributed by atoms with Crippen molar-refractivity contribution in [2.75, 3.05) is 49.1 Å². The highest BCUT2D eigenvalue weighted by Crippen LogP contribution is 2.38. The van der Waals surface area contributed by atoms with E-state index >= 15 is 0 Å². The largest absolute Gasteiger partial charge is 0.368 e. The molecule has 6 nitrogen and oxygen atoms in total. The Balaban J connectivity index is 1.25. The van der Waals surface area contributed by atoms with Gasteiger partial charge in [0.15, 0.2) is 5.84 Å². The summed E-state index contributed by atoms with van der Waals surface area (Å²) >= 11 is 0. The SMILES string of the molecule is CCCCCCCC(=O)N1CCN(c2ccc3c(c2)N2CCN=C2C(c2ccccc2)=N3)CC1. The average Bonchev–Trinajstić information content (AvgIpc) is 3.39. The highest BCUT2D eigenvalue weighted by Gasteiger charge is 2.31. The number of benzene rings is 2. The monoisotopic (exact) mass is 457 g/mol. The molecule has 1 saturated heterocycles. The van der Waals surface area contributed by atoms with Gasteiger partial charge in [-0.2, -0.15) is 0 Å². The van der Waals surface area contributed by atoms with Gasteiger partial charge in [-0.1, -0.05) is 62.9 Å². The number of fused-ring (bicyclic) bond motifs is 3. The van der Waals surface area contributed by atoms with Crippen molar-refractivity contribution in [1.29, 1.82) is 0 Å². The number of anilines is 2. The fraction of sp³-hybridized carbons (Fsp3) is 0.464. The molecule has 0 aromatic heterocycles. The predicted molar refractivity (Wildman–Crippen MR) is 141 cm³/mol. The Kier molecular flexibility index (Phi) is 6.93. The Morgan fingerprint density at radius 3 is 2.50 bits per heavy atom. The summed E-state index contributed by atoms with van der Waals surface area (Å²) in [6.07, 6.45) is 6.65. The second kappa shape index (κ2) is 10.4. The molecular formula is C28H35N5O. The fourth-order valence-electron chi connectivity index (χ4n) is 5.12. The first-order valence-corrected chi connectivity index (χ1v) is 12.9. The van der Waals surface area contributed by atoms with Crippen LogP contribution in [0.1, 0.15) is 51.0 Å². The number of unbranched alkanes of at least 4 members (excludes halogenated alkanes) is 4. The van der Waals surface area contributed by atoms with Gasteiger partial charge in [0.25, 0.3) is 0 Å². The molecule has 3 heterocycles. The van der Waals surface area contributed by atoms with Crippen molar-refractivity contribution in [2.24, 2.45) is 9.98 Å². The van der Waals surface area contributed by atoms with Crippen molar-refractivity contribution < 1.29 is 4.79 Å². The van der Waals surface area contributed by atoms with E-state index in [1.807, 2.05) is 18.2 Å². The Morgan fingerprint density at radius 1 is 0.912 bits per heavy atom. The van der Waals surface area contributed by atoms with Crippen molar-refractivity contribution in [3.8, 4) is 0 Å². The Hall–Kier alpha value is -3.15. The minimum absolute atomic E-state index is 0.322. The van der Waals surface area contributed by atoms with E-state index in [0.29, 0.717) is 12.3 Å². The molecule has 34 heavy (non-hydrogen) atoms. The van der Waals surface area contributed by atoms with Gasteiger partial charge in [0.05, 0.1) is 17.9 Å². The molecule has 0 N–H and O–H groups in total. The van der Waals surface area contributed by atoms with Gasteiger partial charge in [-0.25, -0.2) is 4.99 Å². The molecule has 178 valence electrons. The molecule has 0 radical (unpaired) electrons. The van der Waals surface area contributed by atoms with Gasteiger partial charge in [0, 0.05) is 50.4 Å². The lowest BCUT2D eigenvalue weighted by atomic mass is 10.0. The van der Waals surface area contributed by atoms with Crippen molar-refractivity contribution in [1.82, 2.24) is 4.90 Å². The number of amides is 1. The maximum absolute atomic E-state index is 12.6. The second-order valence-corrected chi connectivity index (χ2v) is 9.39. The maximum Gasteiger partial charge on any atom is 0.222 e. The Morgan fingerprint density at radius 2 is 1.71 bits per heavy atom. The molecule has 2 aromatic carbocycles. The third-order valence-corrected chi connectivity index (χ3v) is 7.07. The van der Waals surface area contributed by atoms with E-state index in [4.69, 9.17) is 9.98 Å². The van der Waals surface area contributed by atoms with E-state index in [0.717, 1.165) is 74.2 Å².